The molecule has 0 spiro atoms. The van der Waals surface area contributed by atoms with Crippen LogP contribution in [0.2, 0.25) is 0 Å². The molecule has 0 bridgehead atoms. The molecule has 1 N–H and O–H groups in total. The van der Waals surface area contributed by atoms with Crippen LogP contribution in [0.1, 0.15) is 27.7 Å². The number of aromatic amines is 1. The Labute approximate surface area is 152 Å². The maximum absolute atomic E-state index is 13.7. The number of fused-ring (bicyclic) bond motifs is 1. The van der Waals surface area contributed by atoms with Crippen LogP contribution in [0.25, 0.3) is 10.9 Å². The molecule has 0 aliphatic carbocycles. The van der Waals surface area contributed by atoms with E-state index in [1.54, 1.807) is 6.07 Å². The summed E-state index contributed by atoms with van der Waals surface area (Å²) in [7, 11) is 2.09. The van der Waals surface area contributed by atoms with Crippen LogP contribution in [0.4, 0.5) is 4.39 Å². The molecule has 134 valence electrons. The molecule has 3 aromatic rings. The van der Waals surface area contributed by atoms with Crippen LogP contribution < -0.4 is 0 Å². The predicted octanol–water partition coefficient (Wildman–Crippen LogP) is 3.74. The van der Waals surface area contributed by atoms with Gasteiger partial charge < -0.3 is 9.88 Å². The van der Waals surface area contributed by atoms with E-state index < -0.39 is 0 Å². The van der Waals surface area contributed by atoms with Crippen molar-refractivity contribution in [1.29, 1.82) is 0 Å². The number of nitrogens with one attached hydrogen (secondary N) is 1. The minimum atomic E-state index is -0.328. The lowest BCUT2D eigenvalue weighted by Crippen LogP contribution is -2.49. The van der Waals surface area contributed by atoms with E-state index in [2.05, 4.69) is 29.1 Å². The number of aryl methyl sites for hydroxylation is 1. The van der Waals surface area contributed by atoms with E-state index >= 15 is 0 Å². The van der Waals surface area contributed by atoms with Crippen molar-refractivity contribution in [2.45, 2.75) is 13.0 Å². The molecule has 0 radical (unpaired) electrons. The van der Waals surface area contributed by atoms with Gasteiger partial charge in [0.1, 0.15) is 5.82 Å². The Kier molecular flexibility index (Phi) is 4.24. The summed E-state index contributed by atoms with van der Waals surface area (Å²) in [5.74, 6) is -0.362. The van der Waals surface area contributed by atoms with E-state index in [9.17, 15) is 9.18 Å². The predicted molar refractivity (Wildman–Crippen MR) is 101 cm³/mol. The number of aromatic nitrogens is 1. The summed E-state index contributed by atoms with van der Waals surface area (Å²) in [6.45, 7) is 3.97. The number of likely N-dealkylation sites (N-methyl/N-ethyl adjacent to an activating group) is 1. The number of halogens is 1. The van der Waals surface area contributed by atoms with E-state index in [0.29, 0.717) is 24.0 Å². The Bertz CT molecular complexity index is 951. The highest BCUT2D eigenvalue weighted by Crippen LogP contribution is 2.28. The smallest absolute Gasteiger partial charge is 0.256 e. The average Bonchev–Trinajstić information content (AvgIpc) is 2.97. The molecular formula is C21H22FN3O. The van der Waals surface area contributed by atoms with Gasteiger partial charge in [0.2, 0.25) is 0 Å². The quantitative estimate of drug-likeness (QED) is 0.764. The lowest BCUT2D eigenvalue weighted by Gasteiger charge is -2.39. The largest absolute Gasteiger partial charge is 0.358 e. The summed E-state index contributed by atoms with van der Waals surface area (Å²) in [4.78, 5) is 20.6. The van der Waals surface area contributed by atoms with Crippen molar-refractivity contribution in [3.05, 3.63) is 71.2 Å². The molecule has 2 heterocycles. The van der Waals surface area contributed by atoms with Gasteiger partial charge in [0.15, 0.2) is 0 Å². The monoisotopic (exact) mass is 351 g/mol. The third kappa shape index (κ3) is 2.88. The second kappa shape index (κ2) is 6.57. The van der Waals surface area contributed by atoms with Gasteiger partial charge in [-0.15, -0.1) is 0 Å². The van der Waals surface area contributed by atoms with E-state index in [0.717, 1.165) is 17.8 Å². The van der Waals surface area contributed by atoms with Crippen LogP contribution >= 0.6 is 0 Å². The number of hydrogen-bond donors (Lipinski definition) is 1. The third-order valence-corrected chi connectivity index (χ3v) is 5.28. The summed E-state index contributed by atoms with van der Waals surface area (Å²) in [5, 5.41) is 0.655. The normalized spacial score (nSPS) is 18.4. The van der Waals surface area contributed by atoms with Crippen LogP contribution in [-0.2, 0) is 0 Å². The van der Waals surface area contributed by atoms with E-state index in [1.165, 1.54) is 17.7 Å². The van der Waals surface area contributed by atoms with E-state index in [-0.39, 0.29) is 17.8 Å². The zero-order valence-corrected chi connectivity index (χ0v) is 15.0. The molecular weight excluding hydrogens is 329 g/mol. The van der Waals surface area contributed by atoms with Gasteiger partial charge in [-0.05, 0) is 37.7 Å². The van der Waals surface area contributed by atoms with Crippen LogP contribution in [0, 0.1) is 12.7 Å². The molecule has 1 atom stereocenters. The van der Waals surface area contributed by atoms with Crippen LogP contribution in [0.3, 0.4) is 0 Å². The molecule has 1 fully saturated rings. The zero-order chi connectivity index (χ0) is 18.3. The third-order valence-electron chi connectivity index (χ3n) is 5.28. The van der Waals surface area contributed by atoms with Crippen molar-refractivity contribution in [2.75, 3.05) is 26.7 Å². The molecule has 26 heavy (non-hydrogen) atoms. The van der Waals surface area contributed by atoms with Crippen molar-refractivity contribution < 1.29 is 9.18 Å². The van der Waals surface area contributed by atoms with Crippen molar-refractivity contribution in [3.8, 4) is 0 Å². The van der Waals surface area contributed by atoms with Crippen molar-refractivity contribution in [1.82, 2.24) is 14.8 Å². The number of rotatable bonds is 2. The first-order chi connectivity index (χ1) is 12.5. The topological polar surface area (TPSA) is 39.3 Å². The number of H-pyrrole nitrogens is 1. The van der Waals surface area contributed by atoms with Crippen molar-refractivity contribution in [2.24, 2.45) is 0 Å². The molecule has 1 unspecified atom stereocenters. The molecule has 1 aliphatic rings. The molecule has 4 rings (SSSR count). The maximum Gasteiger partial charge on any atom is 0.256 e. The second-order valence-electron chi connectivity index (χ2n) is 6.97. The van der Waals surface area contributed by atoms with Gasteiger partial charge in [0, 0.05) is 36.2 Å². The molecule has 1 aromatic heterocycles. The number of carbonyl (C=O) groups is 1. The molecule has 0 saturated carbocycles. The highest BCUT2D eigenvalue weighted by molar-refractivity contribution is 6.08. The highest BCUT2D eigenvalue weighted by Gasteiger charge is 2.30. The molecule has 2 aromatic carbocycles. The number of carbonyl (C=O) groups excluding carboxylic acids is 1. The number of hydrogen-bond acceptors (Lipinski definition) is 2. The van der Waals surface area contributed by atoms with Crippen LogP contribution in [0.5, 0.6) is 0 Å². The van der Waals surface area contributed by atoms with Crippen molar-refractivity contribution in [3.63, 3.8) is 0 Å². The summed E-state index contributed by atoms with van der Waals surface area (Å²) in [6, 6.07) is 14.9. The summed E-state index contributed by atoms with van der Waals surface area (Å²) in [5.41, 5.74) is 3.36. The Morgan fingerprint density at radius 2 is 1.92 bits per heavy atom. The molecule has 1 aliphatic heterocycles. The molecule has 5 heteroatoms. The number of benzene rings is 2. The molecule has 1 amide bonds. The van der Waals surface area contributed by atoms with Gasteiger partial charge >= 0.3 is 0 Å². The Morgan fingerprint density at radius 3 is 2.69 bits per heavy atom. The fourth-order valence-corrected chi connectivity index (χ4v) is 3.83. The summed E-state index contributed by atoms with van der Waals surface area (Å²) >= 11 is 0. The number of nitrogens with zero attached hydrogens (tertiary/aromatic N) is 2. The van der Waals surface area contributed by atoms with Gasteiger partial charge in [-0.1, -0.05) is 30.3 Å². The number of piperazine rings is 1. The van der Waals surface area contributed by atoms with E-state index in [1.807, 2.05) is 30.0 Å². The first kappa shape index (κ1) is 16.8. The van der Waals surface area contributed by atoms with Gasteiger partial charge in [0.05, 0.1) is 11.6 Å². The summed E-state index contributed by atoms with van der Waals surface area (Å²) < 4.78 is 13.7. The highest BCUT2D eigenvalue weighted by atomic mass is 19.1. The Morgan fingerprint density at radius 1 is 1.15 bits per heavy atom. The van der Waals surface area contributed by atoms with Gasteiger partial charge in [-0.2, -0.15) is 0 Å². The lowest BCUT2D eigenvalue weighted by atomic mass is 10.0. The van der Waals surface area contributed by atoms with Crippen LogP contribution in [0.15, 0.2) is 48.5 Å². The van der Waals surface area contributed by atoms with Gasteiger partial charge in [-0.3, -0.25) is 9.69 Å². The average molecular weight is 351 g/mol. The first-order valence-electron chi connectivity index (χ1n) is 8.87. The minimum absolute atomic E-state index is 0.0339. The maximum atomic E-state index is 13.7. The van der Waals surface area contributed by atoms with Crippen LogP contribution in [-0.4, -0.2) is 47.4 Å². The minimum Gasteiger partial charge on any atom is -0.358 e. The fourth-order valence-electron chi connectivity index (χ4n) is 3.83. The Balaban J connectivity index is 1.67. The summed E-state index contributed by atoms with van der Waals surface area (Å²) in [6.07, 6.45) is 0. The SMILES string of the molecule is Cc1[nH]c2ccc(F)cc2c1C(=O)N1CCN(C)C(c2ccccc2)C1. The van der Waals surface area contributed by atoms with E-state index in [4.69, 9.17) is 0 Å². The fraction of sp³-hybridized carbons (Fsp3) is 0.286. The lowest BCUT2D eigenvalue weighted by molar-refractivity contribution is 0.0547. The van der Waals surface area contributed by atoms with Gasteiger partial charge in [0.25, 0.3) is 5.91 Å². The molecule has 1 saturated heterocycles. The number of amides is 1. The van der Waals surface area contributed by atoms with Gasteiger partial charge in [-0.25, -0.2) is 4.39 Å². The molecule has 4 nitrogen and oxygen atoms in total. The first-order valence-corrected chi connectivity index (χ1v) is 8.87. The van der Waals surface area contributed by atoms with Crippen molar-refractivity contribution >= 4 is 16.8 Å². The second-order valence-corrected chi connectivity index (χ2v) is 6.97. The standard InChI is InChI=1S/C21H22FN3O/c1-14-20(17-12-16(22)8-9-18(17)23-14)21(26)25-11-10-24(2)19(13-25)15-6-4-3-5-7-15/h3-9,12,19,23H,10-11,13H2,1-2H3. The zero-order valence-electron chi connectivity index (χ0n) is 15.0. The Hall–Kier alpha value is -2.66.